The van der Waals surface area contributed by atoms with Gasteiger partial charge in [-0.15, -0.1) is 0 Å². The maximum absolute atomic E-state index is 6.10. The van der Waals surface area contributed by atoms with Crippen molar-refractivity contribution in [2.24, 2.45) is 11.7 Å². The summed E-state index contributed by atoms with van der Waals surface area (Å²) in [6, 6.07) is 9.21. The zero-order valence-corrected chi connectivity index (χ0v) is 14.4. The molecule has 0 aliphatic carbocycles. The standard InChI is InChI=1S/C18H32N4/c1-15(2)12-17(19)14-20-13-16-4-6-18(7-5-16)22-10-8-21(3)9-11-22/h4-7,15,17,20H,8-14,19H2,1-3H3. The molecule has 4 nitrogen and oxygen atoms in total. The third-order valence-corrected chi connectivity index (χ3v) is 4.31. The van der Waals surface area contributed by atoms with E-state index in [4.69, 9.17) is 5.73 Å². The summed E-state index contributed by atoms with van der Waals surface area (Å²) in [5.74, 6) is 0.666. The lowest BCUT2D eigenvalue weighted by Crippen LogP contribution is -2.44. The Balaban J connectivity index is 1.75. The van der Waals surface area contributed by atoms with Crippen molar-refractivity contribution < 1.29 is 0 Å². The highest BCUT2D eigenvalue weighted by molar-refractivity contribution is 5.48. The molecule has 0 bridgehead atoms. The van der Waals surface area contributed by atoms with Crippen molar-refractivity contribution in [2.45, 2.75) is 32.9 Å². The van der Waals surface area contributed by atoms with Crippen LogP contribution in [0.25, 0.3) is 0 Å². The highest BCUT2D eigenvalue weighted by atomic mass is 15.2. The van der Waals surface area contributed by atoms with Gasteiger partial charge in [0, 0.05) is 51.0 Å². The Morgan fingerprint density at radius 3 is 2.32 bits per heavy atom. The number of hydrogen-bond acceptors (Lipinski definition) is 4. The molecule has 1 atom stereocenters. The minimum Gasteiger partial charge on any atom is -0.369 e. The third kappa shape index (κ3) is 5.59. The van der Waals surface area contributed by atoms with Crippen LogP contribution in [0.1, 0.15) is 25.8 Å². The fourth-order valence-corrected chi connectivity index (χ4v) is 2.98. The van der Waals surface area contributed by atoms with E-state index in [2.05, 4.69) is 60.3 Å². The largest absolute Gasteiger partial charge is 0.369 e. The molecule has 1 aliphatic rings. The first-order valence-corrected chi connectivity index (χ1v) is 8.53. The summed E-state index contributed by atoms with van der Waals surface area (Å²) in [5, 5.41) is 3.47. The van der Waals surface area contributed by atoms with Crippen LogP contribution in [0.3, 0.4) is 0 Å². The SMILES string of the molecule is CC(C)CC(N)CNCc1ccc(N2CCN(C)CC2)cc1. The fraction of sp³-hybridized carbons (Fsp3) is 0.667. The molecule has 124 valence electrons. The Hall–Kier alpha value is -1.10. The predicted molar refractivity (Wildman–Crippen MR) is 95.3 cm³/mol. The molecule has 1 heterocycles. The van der Waals surface area contributed by atoms with E-state index in [0.29, 0.717) is 5.92 Å². The highest BCUT2D eigenvalue weighted by Gasteiger charge is 2.13. The first-order valence-electron chi connectivity index (χ1n) is 8.53. The van der Waals surface area contributed by atoms with Crippen LogP contribution in [0, 0.1) is 5.92 Å². The molecule has 2 rings (SSSR count). The number of likely N-dealkylation sites (N-methyl/N-ethyl adjacent to an activating group) is 1. The van der Waals surface area contributed by atoms with Crippen LogP contribution in [0.4, 0.5) is 5.69 Å². The Bertz CT molecular complexity index is 421. The zero-order chi connectivity index (χ0) is 15.9. The van der Waals surface area contributed by atoms with Crippen molar-refractivity contribution in [3.63, 3.8) is 0 Å². The van der Waals surface area contributed by atoms with E-state index in [1.165, 1.54) is 11.3 Å². The average molecular weight is 304 g/mol. The lowest BCUT2D eigenvalue weighted by atomic mass is 10.0. The van der Waals surface area contributed by atoms with Gasteiger partial charge in [-0.05, 0) is 37.1 Å². The van der Waals surface area contributed by atoms with Gasteiger partial charge < -0.3 is 20.9 Å². The highest BCUT2D eigenvalue weighted by Crippen LogP contribution is 2.17. The topological polar surface area (TPSA) is 44.5 Å². The Morgan fingerprint density at radius 2 is 1.73 bits per heavy atom. The normalized spacial score (nSPS) is 18.0. The average Bonchev–Trinajstić information content (AvgIpc) is 2.48. The van der Waals surface area contributed by atoms with Gasteiger partial charge in [0.2, 0.25) is 0 Å². The van der Waals surface area contributed by atoms with Gasteiger partial charge in [0.1, 0.15) is 0 Å². The number of benzene rings is 1. The summed E-state index contributed by atoms with van der Waals surface area (Å²) in [4.78, 5) is 4.85. The number of nitrogens with zero attached hydrogens (tertiary/aromatic N) is 2. The van der Waals surface area contributed by atoms with Gasteiger partial charge in [-0.25, -0.2) is 0 Å². The van der Waals surface area contributed by atoms with E-state index < -0.39 is 0 Å². The molecule has 1 unspecified atom stereocenters. The molecule has 22 heavy (non-hydrogen) atoms. The van der Waals surface area contributed by atoms with Crippen LogP contribution < -0.4 is 16.0 Å². The summed E-state index contributed by atoms with van der Waals surface area (Å²) >= 11 is 0. The van der Waals surface area contributed by atoms with E-state index in [0.717, 1.165) is 45.7 Å². The molecule has 1 saturated heterocycles. The maximum Gasteiger partial charge on any atom is 0.0367 e. The van der Waals surface area contributed by atoms with Crippen LogP contribution in [0.2, 0.25) is 0 Å². The second-order valence-electron chi connectivity index (χ2n) is 6.98. The number of nitrogens with one attached hydrogen (secondary N) is 1. The monoisotopic (exact) mass is 304 g/mol. The number of hydrogen-bond donors (Lipinski definition) is 2. The Labute approximate surface area is 135 Å². The first kappa shape index (κ1) is 17.3. The summed E-state index contributed by atoms with van der Waals surface area (Å²) < 4.78 is 0. The van der Waals surface area contributed by atoms with E-state index >= 15 is 0 Å². The maximum atomic E-state index is 6.10. The van der Waals surface area contributed by atoms with Gasteiger partial charge in [0.05, 0.1) is 0 Å². The molecule has 0 amide bonds. The summed E-state index contributed by atoms with van der Waals surface area (Å²) in [5.41, 5.74) is 8.77. The quantitative estimate of drug-likeness (QED) is 0.807. The lowest BCUT2D eigenvalue weighted by molar-refractivity contribution is 0.313. The number of anilines is 1. The molecule has 0 radical (unpaired) electrons. The third-order valence-electron chi connectivity index (χ3n) is 4.31. The van der Waals surface area contributed by atoms with Gasteiger partial charge in [0.15, 0.2) is 0 Å². The van der Waals surface area contributed by atoms with Crippen LogP contribution in [0.5, 0.6) is 0 Å². The van der Waals surface area contributed by atoms with Crippen molar-refractivity contribution in [2.75, 3.05) is 44.7 Å². The molecular formula is C18H32N4. The van der Waals surface area contributed by atoms with E-state index in [1.54, 1.807) is 0 Å². The van der Waals surface area contributed by atoms with Gasteiger partial charge in [-0.3, -0.25) is 0 Å². The molecule has 3 N–H and O–H groups in total. The van der Waals surface area contributed by atoms with E-state index in [9.17, 15) is 0 Å². The van der Waals surface area contributed by atoms with Gasteiger partial charge in [-0.2, -0.15) is 0 Å². The van der Waals surface area contributed by atoms with Gasteiger partial charge >= 0.3 is 0 Å². The number of rotatable bonds is 7. The Kier molecular flexibility index (Phi) is 6.68. The molecular weight excluding hydrogens is 272 g/mol. The second-order valence-corrected chi connectivity index (χ2v) is 6.98. The molecule has 4 heteroatoms. The fourth-order valence-electron chi connectivity index (χ4n) is 2.98. The number of nitrogens with two attached hydrogens (primary N) is 1. The second kappa shape index (κ2) is 8.51. The Morgan fingerprint density at radius 1 is 1.09 bits per heavy atom. The van der Waals surface area contributed by atoms with Gasteiger partial charge in [-0.1, -0.05) is 26.0 Å². The first-order chi connectivity index (χ1) is 10.5. The lowest BCUT2D eigenvalue weighted by Gasteiger charge is -2.34. The van der Waals surface area contributed by atoms with E-state index in [-0.39, 0.29) is 6.04 Å². The van der Waals surface area contributed by atoms with Crippen molar-refractivity contribution in [1.82, 2.24) is 10.2 Å². The van der Waals surface area contributed by atoms with Crippen molar-refractivity contribution in [3.05, 3.63) is 29.8 Å². The van der Waals surface area contributed by atoms with Crippen molar-refractivity contribution in [1.29, 1.82) is 0 Å². The van der Waals surface area contributed by atoms with Crippen LogP contribution >= 0.6 is 0 Å². The molecule has 0 saturated carbocycles. The smallest absolute Gasteiger partial charge is 0.0367 e. The summed E-state index contributed by atoms with van der Waals surface area (Å²) in [7, 11) is 2.19. The molecule has 1 aromatic carbocycles. The minimum absolute atomic E-state index is 0.254. The van der Waals surface area contributed by atoms with Crippen molar-refractivity contribution >= 4 is 5.69 Å². The molecule has 1 fully saturated rings. The zero-order valence-electron chi connectivity index (χ0n) is 14.4. The molecule has 1 aliphatic heterocycles. The number of piperazine rings is 1. The van der Waals surface area contributed by atoms with Crippen LogP contribution in [0.15, 0.2) is 24.3 Å². The molecule has 1 aromatic rings. The van der Waals surface area contributed by atoms with Crippen LogP contribution in [-0.2, 0) is 6.54 Å². The summed E-state index contributed by atoms with van der Waals surface area (Å²) in [6.45, 7) is 10.8. The summed E-state index contributed by atoms with van der Waals surface area (Å²) in [6.07, 6.45) is 1.08. The predicted octanol–water partition coefficient (Wildman–Crippen LogP) is 1.90. The van der Waals surface area contributed by atoms with E-state index in [1.807, 2.05) is 0 Å². The molecule has 0 spiro atoms. The van der Waals surface area contributed by atoms with Gasteiger partial charge in [0.25, 0.3) is 0 Å². The van der Waals surface area contributed by atoms with Crippen molar-refractivity contribution in [3.8, 4) is 0 Å². The molecule has 0 aromatic heterocycles. The minimum atomic E-state index is 0.254. The van der Waals surface area contributed by atoms with Crippen LogP contribution in [-0.4, -0.2) is 50.7 Å².